The van der Waals surface area contributed by atoms with E-state index < -0.39 is 5.97 Å². The van der Waals surface area contributed by atoms with Gasteiger partial charge in [-0.1, -0.05) is 12.1 Å². The van der Waals surface area contributed by atoms with Crippen molar-refractivity contribution >= 4 is 5.97 Å². The third-order valence-electron chi connectivity index (χ3n) is 2.77. The highest BCUT2D eigenvalue weighted by molar-refractivity contribution is 5.88. The van der Waals surface area contributed by atoms with Crippen molar-refractivity contribution in [1.82, 2.24) is 9.97 Å². The van der Waals surface area contributed by atoms with Crippen LogP contribution in [0.5, 0.6) is 11.5 Å². The minimum absolute atomic E-state index is 0.0912. The maximum atomic E-state index is 10.9. The molecule has 0 aliphatic rings. The molecule has 1 heterocycles. The molecular formula is C15H16N2O4. The van der Waals surface area contributed by atoms with Gasteiger partial charge in [-0.2, -0.15) is 0 Å². The molecule has 2 rings (SSSR count). The SMILES string of the molecule is CCOc1ccccc1OCc1ncc(C(=O)O)c(C)n1. The van der Waals surface area contributed by atoms with Gasteiger partial charge < -0.3 is 14.6 Å². The zero-order valence-electron chi connectivity index (χ0n) is 11.9. The Morgan fingerprint density at radius 1 is 1.24 bits per heavy atom. The van der Waals surface area contributed by atoms with E-state index in [-0.39, 0.29) is 12.2 Å². The standard InChI is InChI=1S/C15H16N2O4/c1-3-20-12-6-4-5-7-13(12)21-9-14-16-8-11(15(18)19)10(2)17-14/h4-8H,3,9H2,1-2H3,(H,18,19). The number of carboxylic acids is 1. The Bertz CT molecular complexity index is 643. The number of benzene rings is 1. The molecule has 0 spiro atoms. The second kappa shape index (κ2) is 6.69. The molecule has 0 fully saturated rings. The monoisotopic (exact) mass is 288 g/mol. The summed E-state index contributed by atoms with van der Waals surface area (Å²) in [5, 5.41) is 8.93. The molecule has 6 nitrogen and oxygen atoms in total. The lowest BCUT2D eigenvalue weighted by molar-refractivity contribution is 0.0695. The molecule has 1 aromatic carbocycles. The lowest BCUT2D eigenvalue weighted by Gasteiger charge is -2.11. The van der Waals surface area contributed by atoms with Gasteiger partial charge in [0.15, 0.2) is 17.3 Å². The van der Waals surface area contributed by atoms with Gasteiger partial charge in [0.1, 0.15) is 6.61 Å². The van der Waals surface area contributed by atoms with Crippen LogP contribution in [0.4, 0.5) is 0 Å². The Kier molecular flexibility index (Phi) is 4.71. The summed E-state index contributed by atoms with van der Waals surface area (Å²) < 4.78 is 11.1. The van der Waals surface area contributed by atoms with Crippen molar-refractivity contribution in [2.75, 3.05) is 6.61 Å². The van der Waals surface area contributed by atoms with Gasteiger partial charge in [0.05, 0.1) is 17.9 Å². The van der Waals surface area contributed by atoms with Crippen LogP contribution in [0.3, 0.4) is 0 Å². The van der Waals surface area contributed by atoms with E-state index in [1.54, 1.807) is 13.0 Å². The first-order valence-corrected chi connectivity index (χ1v) is 6.52. The molecule has 110 valence electrons. The molecule has 2 aromatic rings. The molecule has 6 heteroatoms. The second-order valence-electron chi connectivity index (χ2n) is 4.26. The molecule has 1 N–H and O–H groups in total. The molecule has 0 radical (unpaired) electrons. The van der Waals surface area contributed by atoms with E-state index in [4.69, 9.17) is 14.6 Å². The second-order valence-corrected chi connectivity index (χ2v) is 4.26. The van der Waals surface area contributed by atoms with Crippen LogP contribution in [-0.2, 0) is 6.61 Å². The van der Waals surface area contributed by atoms with E-state index in [1.165, 1.54) is 6.20 Å². The van der Waals surface area contributed by atoms with Gasteiger partial charge >= 0.3 is 5.97 Å². The number of hydrogen-bond acceptors (Lipinski definition) is 5. The van der Waals surface area contributed by atoms with Gasteiger partial charge in [-0.25, -0.2) is 14.8 Å². The summed E-state index contributed by atoms with van der Waals surface area (Å²) in [6.45, 7) is 4.21. The number of aromatic nitrogens is 2. The molecule has 0 aliphatic heterocycles. The van der Waals surface area contributed by atoms with Crippen molar-refractivity contribution in [3.8, 4) is 11.5 Å². The Balaban J connectivity index is 2.10. The van der Waals surface area contributed by atoms with Crippen molar-refractivity contribution in [3.63, 3.8) is 0 Å². The molecule has 0 saturated heterocycles. The largest absolute Gasteiger partial charge is 0.490 e. The topological polar surface area (TPSA) is 81.5 Å². The number of para-hydroxylation sites is 2. The Labute approximate surface area is 122 Å². The van der Waals surface area contributed by atoms with Gasteiger partial charge in [-0.05, 0) is 26.0 Å². The summed E-state index contributed by atoms with van der Waals surface area (Å²) >= 11 is 0. The highest BCUT2D eigenvalue weighted by Crippen LogP contribution is 2.26. The number of aryl methyl sites for hydroxylation is 1. The third-order valence-corrected chi connectivity index (χ3v) is 2.77. The van der Waals surface area contributed by atoms with Crippen LogP contribution in [0, 0.1) is 6.92 Å². The smallest absolute Gasteiger partial charge is 0.339 e. The number of nitrogens with zero attached hydrogens (tertiary/aromatic N) is 2. The first-order valence-electron chi connectivity index (χ1n) is 6.52. The summed E-state index contributed by atoms with van der Waals surface area (Å²) in [7, 11) is 0. The Morgan fingerprint density at radius 2 is 1.90 bits per heavy atom. The van der Waals surface area contributed by atoms with Crippen molar-refractivity contribution in [2.24, 2.45) is 0 Å². The van der Waals surface area contributed by atoms with E-state index in [2.05, 4.69) is 9.97 Å². The van der Waals surface area contributed by atoms with Crippen LogP contribution in [0.2, 0.25) is 0 Å². The maximum Gasteiger partial charge on any atom is 0.339 e. The number of rotatable bonds is 6. The van der Waals surface area contributed by atoms with Crippen LogP contribution < -0.4 is 9.47 Å². The lowest BCUT2D eigenvalue weighted by atomic mass is 10.2. The van der Waals surface area contributed by atoms with E-state index in [1.807, 2.05) is 25.1 Å². The molecular weight excluding hydrogens is 272 g/mol. The molecule has 0 bridgehead atoms. The van der Waals surface area contributed by atoms with Crippen molar-refractivity contribution in [3.05, 3.63) is 47.5 Å². The first-order chi connectivity index (χ1) is 10.1. The van der Waals surface area contributed by atoms with Crippen molar-refractivity contribution < 1.29 is 19.4 Å². The van der Waals surface area contributed by atoms with Crippen LogP contribution in [-0.4, -0.2) is 27.7 Å². The zero-order valence-corrected chi connectivity index (χ0v) is 11.9. The molecule has 0 unspecified atom stereocenters. The summed E-state index contributed by atoms with van der Waals surface area (Å²) in [5.74, 6) is 0.632. The average Bonchev–Trinajstić information content (AvgIpc) is 2.46. The van der Waals surface area contributed by atoms with Gasteiger partial charge in [-0.15, -0.1) is 0 Å². The lowest BCUT2D eigenvalue weighted by Crippen LogP contribution is -2.08. The number of ether oxygens (including phenoxy) is 2. The van der Waals surface area contributed by atoms with Gasteiger partial charge in [0.2, 0.25) is 0 Å². The van der Waals surface area contributed by atoms with Crippen LogP contribution in [0.1, 0.15) is 28.8 Å². The Hall–Kier alpha value is -2.63. The summed E-state index contributed by atoms with van der Waals surface area (Å²) in [6.07, 6.45) is 1.29. The van der Waals surface area contributed by atoms with Gasteiger partial charge in [0.25, 0.3) is 0 Å². The molecule has 21 heavy (non-hydrogen) atoms. The molecule has 1 aromatic heterocycles. The quantitative estimate of drug-likeness (QED) is 0.879. The minimum atomic E-state index is -1.04. The maximum absolute atomic E-state index is 10.9. The van der Waals surface area contributed by atoms with Crippen LogP contribution >= 0.6 is 0 Å². The highest BCUT2D eigenvalue weighted by atomic mass is 16.5. The normalized spacial score (nSPS) is 10.2. The van der Waals surface area contributed by atoms with Crippen LogP contribution in [0.25, 0.3) is 0 Å². The number of carboxylic acid groups (broad SMARTS) is 1. The molecule has 0 aliphatic carbocycles. The molecule has 0 amide bonds. The Morgan fingerprint density at radius 3 is 2.48 bits per heavy atom. The minimum Gasteiger partial charge on any atom is -0.490 e. The highest BCUT2D eigenvalue weighted by Gasteiger charge is 2.11. The number of hydrogen-bond donors (Lipinski definition) is 1. The fourth-order valence-electron chi connectivity index (χ4n) is 1.78. The fraction of sp³-hybridized carbons (Fsp3) is 0.267. The first kappa shape index (κ1) is 14.8. The summed E-state index contributed by atoms with van der Waals surface area (Å²) in [6, 6.07) is 7.32. The molecule has 0 saturated carbocycles. The molecule has 0 atom stereocenters. The zero-order chi connectivity index (χ0) is 15.2. The average molecular weight is 288 g/mol. The van der Waals surface area contributed by atoms with Gasteiger partial charge in [-0.3, -0.25) is 0 Å². The van der Waals surface area contributed by atoms with E-state index in [0.29, 0.717) is 29.6 Å². The predicted octanol–water partition coefficient (Wildman–Crippen LogP) is 2.46. The van der Waals surface area contributed by atoms with E-state index in [0.717, 1.165) is 0 Å². The predicted molar refractivity (Wildman–Crippen MR) is 75.7 cm³/mol. The summed E-state index contributed by atoms with van der Waals surface area (Å²) in [5.41, 5.74) is 0.502. The third kappa shape index (κ3) is 3.68. The number of carbonyl (C=O) groups is 1. The fourth-order valence-corrected chi connectivity index (χ4v) is 1.78. The summed E-state index contributed by atoms with van der Waals surface area (Å²) in [4.78, 5) is 19.0. The van der Waals surface area contributed by atoms with E-state index >= 15 is 0 Å². The van der Waals surface area contributed by atoms with Gasteiger partial charge in [0, 0.05) is 6.20 Å². The number of aromatic carboxylic acids is 1. The van der Waals surface area contributed by atoms with Crippen LogP contribution in [0.15, 0.2) is 30.5 Å². The van der Waals surface area contributed by atoms with Crippen molar-refractivity contribution in [2.45, 2.75) is 20.5 Å². The van der Waals surface area contributed by atoms with E-state index in [9.17, 15) is 4.79 Å². The van der Waals surface area contributed by atoms with Crippen molar-refractivity contribution in [1.29, 1.82) is 0 Å².